The fraction of sp³-hybridized carbons (Fsp3) is 0.769. The van der Waals surface area contributed by atoms with Crippen LogP contribution in [-0.4, -0.2) is 15.8 Å². The minimum Gasteiger partial charge on any atom is -0.380 e. The minimum atomic E-state index is 0.684. The number of nitrogens with zero attached hydrogens (tertiary/aromatic N) is 2. The topological polar surface area (TPSA) is 29.9 Å². The molecule has 1 aromatic heterocycles. The molecule has 16 heavy (non-hydrogen) atoms. The fourth-order valence-electron chi connectivity index (χ4n) is 3.09. The summed E-state index contributed by atoms with van der Waals surface area (Å²) < 4.78 is 1.86. The Bertz CT molecular complexity index is 354. The van der Waals surface area contributed by atoms with E-state index in [1.807, 2.05) is 17.9 Å². The van der Waals surface area contributed by atoms with Crippen molar-refractivity contribution in [3.05, 3.63) is 12.4 Å². The SMILES string of the molecule is Cn1cc(NC2CCCC(C3CC3)C2)cn1. The molecule has 0 aliphatic heterocycles. The van der Waals surface area contributed by atoms with Gasteiger partial charge in [-0.2, -0.15) is 5.10 Å². The van der Waals surface area contributed by atoms with Crippen LogP contribution in [0.2, 0.25) is 0 Å². The number of rotatable bonds is 3. The molecule has 0 radical (unpaired) electrons. The normalized spacial score (nSPS) is 30.3. The van der Waals surface area contributed by atoms with Gasteiger partial charge < -0.3 is 5.32 Å². The van der Waals surface area contributed by atoms with Crippen LogP contribution in [-0.2, 0) is 7.05 Å². The number of aromatic nitrogens is 2. The van der Waals surface area contributed by atoms with Crippen LogP contribution in [0.25, 0.3) is 0 Å². The molecule has 3 rings (SSSR count). The number of aryl methyl sites for hydroxylation is 1. The first-order valence-corrected chi connectivity index (χ1v) is 6.56. The maximum absolute atomic E-state index is 4.20. The van der Waals surface area contributed by atoms with Gasteiger partial charge in [0.1, 0.15) is 0 Å². The zero-order valence-electron chi connectivity index (χ0n) is 10.0. The highest BCUT2D eigenvalue weighted by atomic mass is 15.3. The molecule has 0 spiro atoms. The van der Waals surface area contributed by atoms with Crippen LogP contribution in [0, 0.1) is 11.8 Å². The van der Waals surface area contributed by atoms with Gasteiger partial charge in [-0.25, -0.2) is 0 Å². The number of anilines is 1. The Morgan fingerprint density at radius 1 is 1.25 bits per heavy atom. The van der Waals surface area contributed by atoms with E-state index < -0.39 is 0 Å². The third-order valence-electron chi connectivity index (χ3n) is 4.08. The molecule has 1 heterocycles. The summed E-state index contributed by atoms with van der Waals surface area (Å²) in [6.07, 6.45) is 12.6. The third-order valence-corrected chi connectivity index (χ3v) is 4.08. The molecule has 3 heteroatoms. The summed E-state index contributed by atoms with van der Waals surface area (Å²) in [7, 11) is 1.97. The van der Waals surface area contributed by atoms with Crippen molar-refractivity contribution in [1.29, 1.82) is 0 Å². The summed E-state index contributed by atoms with van der Waals surface area (Å²) in [5.41, 5.74) is 1.18. The van der Waals surface area contributed by atoms with Gasteiger partial charge in [-0.15, -0.1) is 0 Å². The standard InChI is InChI=1S/C13H21N3/c1-16-9-13(8-14-16)15-12-4-2-3-11(7-12)10-5-6-10/h8-12,15H,2-7H2,1H3. The zero-order valence-corrected chi connectivity index (χ0v) is 10.0. The fourth-order valence-corrected chi connectivity index (χ4v) is 3.09. The predicted molar refractivity (Wildman–Crippen MR) is 65.3 cm³/mol. The van der Waals surface area contributed by atoms with Crippen molar-refractivity contribution in [1.82, 2.24) is 9.78 Å². The van der Waals surface area contributed by atoms with E-state index in [0.29, 0.717) is 6.04 Å². The van der Waals surface area contributed by atoms with E-state index in [4.69, 9.17) is 0 Å². The molecule has 2 atom stereocenters. The summed E-state index contributed by atoms with van der Waals surface area (Å²) in [5.74, 6) is 2.07. The van der Waals surface area contributed by atoms with Gasteiger partial charge in [-0.3, -0.25) is 4.68 Å². The lowest BCUT2D eigenvalue weighted by atomic mass is 9.82. The van der Waals surface area contributed by atoms with Crippen LogP contribution in [0.15, 0.2) is 12.4 Å². The maximum atomic E-state index is 4.20. The Kier molecular flexibility index (Phi) is 2.62. The van der Waals surface area contributed by atoms with E-state index in [0.717, 1.165) is 11.8 Å². The van der Waals surface area contributed by atoms with Crippen molar-refractivity contribution in [2.45, 2.75) is 44.6 Å². The number of hydrogen-bond donors (Lipinski definition) is 1. The second-order valence-electron chi connectivity index (χ2n) is 5.51. The molecule has 0 saturated heterocycles. The monoisotopic (exact) mass is 219 g/mol. The highest BCUT2D eigenvalue weighted by Crippen LogP contribution is 2.44. The molecular formula is C13H21N3. The molecule has 3 nitrogen and oxygen atoms in total. The van der Waals surface area contributed by atoms with Crippen LogP contribution in [0.3, 0.4) is 0 Å². The van der Waals surface area contributed by atoms with Gasteiger partial charge in [-0.05, 0) is 37.5 Å². The highest BCUT2D eigenvalue weighted by molar-refractivity contribution is 5.39. The van der Waals surface area contributed by atoms with Gasteiger partial charge in [0.15, 0.2) is 0 Å². The molecule has 2 saturated carbocycles. The smallest absolute Gasteiger partial charge is 0.0728 e. The summed E-state index contributed by atoms with van der Waals surface area (Å²) in [4.78, 5) is 0. The second-order valence-corrected chi connectivity index (χ2v) is 5.51. The van der Waals surface area contributed by atoms with Gasteiger partial charge in [0.25, 0.3) is 0 Å². The second kappa shape index (κ2) is 4.11. The Labute approximate surface area is 97.2 Å². The Hall–Kier alpha value is -0.990. The van der Waals surface area contributed by atoms with Gasteiger partial charge in [0.2, 0.25) is 0 Å². The quantitative estimate of drug-likeness (QED) is 0.847. The molecule has 2 aliphatic rings. The summed E-state index contributed by atoms with van der Waals surface area (Å²) >= 11 is 0. The third kappa shape index (κ3) is 2.23. The van der Waals surface area contributed by atoms with Crippen molar-refractivity contribution in [3.63, 3.8) is 0 Å². The molecule has 0 amide bonds. The van der Waals surface area contributed by atoms with Crippen LogP contribution in [0.1, 0.15) is 38.5 Å². The summed E-state index contributed by atoms with van der Waals surface area (Å²) in [6, 6.07) is 0.684. The first-order valence-electron chi connectivity index (χ1n) is 6.56. The van der Waals surface area contributed by atoms with E-state index in [2.05, 4.69) is 16.6 Å². The molecule has 1 aromatic rings. The predicted octanol–water partition coefficient (Wildman–Crippen LogP) is 2.80. The van der Waals surface area contributed by atoms with Crippen molar-refractivity contribution in [2.75, 3.05) is 5.32 Å². The summed E-state index contributed by atoms with van der Waals surface area (Å²) in [5, 5.41) is 7.83. The van der Waals surface area contributed by atoms with Gasteiger partial charge >= 0.3 is 0 Å². The maximum Gasteiger partial charge on any atom is 0.0728 e. The van der Waals surface area contributed by atoms with Crippen molar-refractivity contribution >= 4 is 5.69 Å². The minimum absolute atomic E-state index is 0.684. The number of hydrogen-bond acceptors (Lipinski definition) is 2. The Balaban J connectivity index is 1.57. The van der Waals surface area contributed by atoms with Crippen LogP contribution >= 0.6 is 0 Å². The van der Waals surface area contributed by atoms with E-state index >= 15 is 0 Å². The van der Waals surface area contributed by atoms with E-state index in [1.54, 1.807) is 0 Å². The molecule has 2 unspecified atom stereocenters. The van der Waals surface area contributed by atoms with E-state index in [9.17, 15) is 0 Å². The molecule has 0 bridgehead atoms. The lowest BCUT2D eigenvalue weighted by molar-refractivity contribution is 0.303. The van der Waals surface area contributed by atoms with Crippen LogP contribution < -0.4 is 5.32 Å². The zero-order chi connectivity index (χ0) is 11.0. The first-order chi connectivity index (χ1) is 7.81. The van der Waals surface area contributed by atoms with Gasteiger partial charge in [0, 0.05) is 19.3 Å². The van der Waals surface area contributed by atoms with E-state index in [1.165, 1.54) is 44.2 Å². The van der Waals surface area contributed by atoms with Crippen molar-refractivity contribution < 1.29 is 0 Å². The Morgan fingerprint density at radius 2 is 2.12 bits per heavy atom. The molecule has 2 aliphatic carbocycles. The van der Waals surface area contributed by atoms with Crippen LogP contribution in [0.4, 0.5) is 5.69 Å². The lowest BCUT2D eigenvalue weighted by Crippen LogP contribution is -2.27. The Morgan fingerprint density at radius 3 is 2.81 bits per heavy atom. The molecular weight excluding hydrogens is 198 g/mol. The molecule has 0 aromatic carbocycles. The van der Waals surface area contributed by atoms with Crippen LogP contribution in [0.5, 0.6) is 0 Å². The molecule has 2 fully saturated rings. The van der Waals surface area contributed by atoms with Gasteiger partial charge in [0.05, 0.1) is 11.9 Å². The lowest BCUT2D eigenvalue weighted by Gasteiger charge is -2.30. The largest absolute Gasteiger partial charge is 0.380 e. The average Bonchev–Trinajstić information content (AvgIpc) is 3.05. The molecule has 88 valence electrons. The van der Waals surface area contributed by atoms with Crippen molar-refractivity contribution in [2.24, 2.45) is 18.9 Å². The highest BCUT2D eigenvalue weighted by Gasteiger charge is 2.34. The van der Waals surface area contributed by atoms with Gasteiger partial charge in [-0.1, -0.05) is 12.8 Å². The number of nitrogens with one attached hydrogen (secondary N) is 1. The van der Waals surface area contributed by atoms with Crippen molar-refractivity contribution in [3.8, 4) is 0 Å². The summed E-state index contributed by atoms with van der Waals surface area (Å²) in [6.45, 7) is 0. The molecule has 1 N–H and O–H groups in total. The first kappa shape index (κ1) is 10.2. The van der Waals surface area contributed by atoms with E-state index in [-0.39, 0.29) is 0 Å². The average molecular weight is 219 g/mol.